The van der Waals surface area contributed by atoms with Gasteiger partial charge in [-0.15, -0.1) is 0 Å². The van der Waals surface area contributed by atoms with Crippen LogP contribution in [0.3, 0.4) is 0 Å². The Bertz CT molecular complexity index is 759. The molecule has 0 saturated carbocycles. The zero-order valence-corrected chi connectivity index (χ0v) is 13.8. The number of nitrogens with zero attached hydrogens (tertiary/aromatic N) is 2. The lowest BCUT2D eigenvalue weighted by Crippen LogP contribution is -2.41. The summed E-state index contributed by atoms with van der Waals surface area (Å²) in [6.07, 6.45) is 6.47. The van der Waals surface area contributed by atoms with Crippen molar-refractivity contribution in [1.82, 2.24) is 14.9 Å². The van der Waals surface area contributed by atoms with E-state index >= 15 is 0 Å². The van der Waals surface area contributed by atoms with Crippen molar-refractivity contribution in [3.63, 3.8) is 0 Å². The van der Waals surface area contributed by atoms with E-state index in [4.69, 9.17) is 4.74 Å². The summed E-state index contributed by atoms with van der Waals surface area (Å²) in [6.45, 7) is 1.30. The number of H-pyrrole nitrogens is 1. The number of benzene rings is 1. The number of aromatic nitrogens is 2. The molecule has 3 atom stereocenters. The number of ether oxygens (including phenoxy) is 1. The highest BCUT2D eigenvalue weighted by atomic mass is 16.5. The highest BCUT2D eigenvalue weighted by Gasteiger charge is 2.52. The Morgan fingerprint density at radius 1 is 1.40 bits per heavy atom. The van der Waals surface area contributed by atoms with Gasteiger partial charge in [0.2, 0.25) is 5.91 Å². The molecule has 1 aromatic heterocycles. The first-order valence-corrected chi connectivity index (χ1v) is 8.49. The minimum absolute atomic E-state index is 0.128. The molecular formula is C19H21N3O3. The quantitative estimate of drug-likeness (QED) is 0.832. The van der Waals surface area contributed by atoms with Crippen LogP contribution in [0.1, 0.15) is 23.6 Å². The molecule has 1 amide bonds. The van der Waals surface area contributed by atoms with Gasteiger partial charge < -0.3 is 19.7 Å². The smallest absolute Gasteiger partial charge is 0.246 e. The van der Waals surface area contributed by atoms with Crippen molar-refractivity contribution in [1.29, 1.82) is 0 Å². The molecule has 130 valence electrons. The molecule has 1 aromatic carbocycles. The molecule has 0 bridgehead atoms. The number of aliphatic hydroxyl groups excluding tert-OH is 1. The fourth-order valence-electron chi connectivity index (χ4n) is 3.74. The van der Waals surface area contributed by atoms with E-state index in [9.17, 15) is 9.90 Å². The molecule has 2 saturated heterocycles. The van der Waals surface area contributed by atoms with Gasteiger partial charge in [0, 0.05) is 18.5 Å². The number of hydrogen-bond acceptors (Lipinski definition) is 4. The number of β-amino-alcohol motifs (C(OH)–C–C–N with tert-alkyl or cyclic N) is 1. The number of carbonyl (C=O) groups excluding carboxylic acids is 1. The van der Waals surface area contributed by atoms with Crippen molar-refractivity contribution in [2.75, 3.05) is 19.7 Å². The molecule has 2 aliphatic rings. The van der Waals surface area contributed by atoms with Crippen LogP contribution >= 0.6 is 0 Å². The lowest BCUT2D eigenvalue weighted by Gasteiger charge is -2.25. The second kappa shape index (κ2) is 6.46. The van der Waals surface area contributed by atoms with Crippen LogP contribution in [0, 0.1) is 0 Å². The molecule has 0 radical (unpaired) electrons. The van der Waals surface area contributed by atoms with Crippen LogP contribution in [0.5, 0.6) is 0 Å². The topological polar surface area (TPSA) is 78.5 Å². The number of aromatic amines is 1. The molecule has 1 spiro atoms. The van der Waals surface area contributed by atoms with Gasteiger partial charge in [0.05, 0.1) is 31.4 Å². The van der Waals surface area contributed by atoms with Crippen LogP contribution in [0.4, 0.5) is 0 Å². The van der Waals surface area contributed by atoms with Crippen LogP contribution in [-0.4, -0.2) is 57.3 Å². The highest BCUT2D eigenvalue weighted by molar-refractivity contribution is 5.91. The SMILES string of the molecule is O=C(/C=C/c1cnc[nH]1)N1C[C@@H](O)[C@@]2(C[C@H](c3ccccc3)CO2)C1. The molecule has 2 aliphatic heterocycles. The number of imidazole rings is 1. The summed E-state index contributed by atoms with van der Waals surface area (Å²) in [5.74, 6) is 0.128. The lowest BCUT2D eigenvalue weighted by molar-refractivity contribution is -0.126. The molecule has 2 fully saturated rings. The molecule has 0 aliphatic carbocycles. The first-order chi connectivity index (χ1) is 12.2. The minimum atomic E-state index is -0.661. The maximum Gasteiger partial charge on any atom is 0.246 e. The third kappa shape index (κ3) is 3.10. The number of nitrogens with one attached hydrogen (secondary N) is 1. The normalized spacial score (nSPS) is 29.1. The molecule has 2 aromatic rings. The van der Waals surface area contributed by atoms with E-state index in [1.165, 1.54) is 11.6 Å². The van der Waals surface area contributed by atoms with Crippen molar-refractivity contribution < 1.29 is 14.6 Å². The van der Waals surface area contributed by atoms with Crippen molar-refractivity contribution in [2.45, 2.75) is 24.0 Å². The fourth-order valence-corrected chi connectivity index (χ4v) is 3.74. The van der Waals surface area contributed by atoms with Crippen LogP contribution in [0.2, 0.25) is 0 Å². The average Bonchev–Trinajstić information content (AvgIpc) is 3.36. The third-order valence-electron chi connectivity index (χ3n) is 5.13. The third-order valence-corrected chi connectivity index (χ3v) is 5.13. The number of likely N-dealkylation sites (tertiary alicyclic amines) is 1. The average molecular weight is 339 g/mol. The minimum Gasteiger partial charge on any atom is -0.388 e. The summed E-state index contributed by atoms with van der Waals surface area (Å²) >= 11 is 0. The zero-order chi connectivity index (χ0) is 17.3. The molecule has 2 N–H and O–H groups in total. The highest BCUT2D eigenvalue weighted by Crippen LogP contribution is 2.42. The maximum atomic E-state index is 12.4. The second-order valence-corrected chi connectivity index (χ2v) is 6.76. The molecule has 3 heterocycles. The Morgan fingerprint density at radius 3 is 3.00 bits per heavy atom. The van der Waals surface area contributed by atoms with E-state index in [2.05, 4.69) is 22.1 Å². The monoisotopic (exact) mass is 339 g/mol. The number of aliphatic hydroxyl groups is 1. The summed E-state index contributed by atoms with van der Waals surface area (Å²) < 4.78 is 6.03. The van der Waals surface area contributed by atoms with Gasteiger partial charge in [-0.3, -0.25) is 4.79 Å². The van der Waals surface area contributed by atoms with Gasteiger partial charge >= 0.3 is 0 Å². The van der Waals surface area contributed by atoms with E-state index in [1.807, 2.05) is 18.2 Å². The number of carbonyl (C=O) groups is 1. The molecule has 4 rings (SSSR count). The van der Waals surface area contributed by atoms with Crippen LogP contribution in [0.25, 0.3) is 6.08 Å². The standard InChI is InChI=1S/C19H21N3O3/c23-17-10-22(18(24)7-6-16-9-20-13-21-16)12-19(17)8-15(11-25-19)14-4-2-1-3-5-14/h1-7,9,13,15,17,23H,8,10-12H2,(H,20,21)/b7-6+/t15-,17+,19+/m0/s1. The van der Waals surface area contributed by atoms with Crippen LogP contribution in [0.15, 0.2) is 48.9 Å². The predicted molar refractivity (Wildman–Crippen MR) is 92.7 cm³/mol. The van der Waals surface area contributed by atoms with Crippen LogP contribution in [-0.2, 0) is 9.53 Å². The fraction of sp³-hybridized carbons (Fsp3) is 0.368. The Balaban J connectivity index is 1.44. The molecule has 0 unspecified atom stereocenters. The summed E-state index contributed by atoms with van der Waals surface area (Å²) in [5, 5.41) is 10.6. The number of hydrogen-bond donors (Lipinski definition) is 2. The van der Waals surface area contributed by atoms with E-state index in [-0.39, 0.29) is 11.8 Å². The summed E-state index contributed by atoms with van der Waals surface area (Å²) in [7, 11) is 0. The Hall–Kier alpha value is -2.44. The maximum absolute atomic E-state index is 12.4. The second-order valence-electron chi connectivity index (χ2n) is 6.76. The largest absolute Gasteiger partial charge is 0.388 e. The van der Waals surface area contributed by atoms with E-state index in [1.54, 1.807) is 23.5 Å². The van der Waals surface area contributed by atoms with Gasteiger partial charge in [0.25, 0.3) is 0 Å². The predicted octanol–water partition coefficient (Wildman–Crippen LogP) is 1.57. The zero-order valence-electron chi connectivity index (χ0n) is 13.8. The molecule has 25 heavy (non-hydrogen) atoms. The van der Waals surface area contributed by atoms with E-state index in [0.717, 1.165) is 12.1 Å². The molecule has 6 heteroatoms. The van der Waals surface area contributed by atoms with Gasteiger partial charge in [-0.05, 0) is 18.1 Å². The number of amides is 1. The van der Waals surface area contributed by atoms with Crippen molar-refractivity contribution >= 4 is 12.0 Å². The van der Waals surface area contributed by atoms with Crippen molar-refractivity contribution in [2.24, 2.45) is 0 Å². The van der Waals surface area contributed by atoms with Crippen molar-refractivity contribution in [3.05, 3.63) is 60.2 Å². The Kier molecular flexibility index (Phi) is 4.15. The summed E-state index contributed by atoms with van der Waals surface area (Å²) in [5.41, 5.74) is 1.33. The summed E-state index contributed by atoms with van der Waals surface area (Å²) in [4.78, 5) is 20.9. The van der Waals surface area contributed by atoms with Gasteiger partial charge in [0.1, 0.15) is 11.7 Å². The van der Waals surface area contributed by atoms with E-state index in [0.29, 0.717) is 19.7 Å². The Labute approximate surface area is 146 Å². The van der Waals surface area contributed by atoms with Gasteiger partial charge in [-0.1, -0.05) is 30.3 Å². The van der Waals surface area contributed by atoms with Crippen LogP contribution < -0.4 is 0 Å². The molecular weight excluding hydrogens is 318 g/mol. The molecule has 6 nitrogen and oxygen atoms in total. The first kappa shape index (κ1) is 16.1. The van der Waals surface area contributed by atoms with Gasteiger partial charge in [-0.25, -0.2) is 4.98 Å². The van der Waals surface area contributed by atoms with Gasteiger partial charge in [0.15, 0.2) is 0 Å². The number of rotatable bonds is 3. The lowest BCUT2D eigenvalue weighted by atomic mass is 9.87. The van der Waals surface area contributed by atoms with Crippen molar-refractivity contribution in [3.8, 4) is 0 Å². The Morgan fingerprint density at radius 2 is 2.24 bits per heavy atom. The summed E-state index contributed by atoms with van der Waals surface area (Å²) in [6, 6.07) is 10.2. The van der Waals surface area contributed by atoms with E-state index < -0.39 is 11.7 Å². The first-order valence-electron chi connectivity index (χ1n) is 8.49. The van der Waals surface area contributed by atoms with Gasteiger partial charge in [-0.2, -0.15) is 0 Å².